The number of hydrogen-bond donors (Lipinski definition) is 0. The molecule has 0 aliphatic heterocycles. The van der Waals surface area contributed by atoms with E-state index in [-0.39, 0.29) is 4.92 Å². The first-order chi connectivity index (χ1) is 6.70. The second-order valence-corrected chi connectivity index (χ2v) is 3.20. The Hall–Kier alpha value is -1.84. The molecule has 0 bridgehead atoms. The van der Waals surface area contributed by atoms with E-state index in [1.54, 1.807) is 17.7 Å². The lowest BCUT2D eigenvalue weighted by atomic mass is 10.2. The first kappa shape index (κ1) is 8.74. The van der Waals surface area contributed by atoms with Crippen molar-refractivity contribution >= 4 is 10.9 Å². The van der Waals surface area contributed by atoms with E-state index in [4.69, 9.17) is 0 Å². The van der Waals surface area contributed by atoms with Crippen LogP contribution >= 0.6 is 0 Å². The number of rotatable bonds is 2. The molecule has 1 aromatic carbocycles. The lowest BCUT2D eigenvalue weighted by molar-refractivity contribution is -0.542. The largest absolute Gasteiger partial charge is 0.288 e. The van der Waals surface area contributed by atoms with Gasteiger partial charge in [0.2, 0.25) is 0 Å². The molecule has 2 aromatic rings. The molecule has 1 aromatic heterocycles. The smallest absolute Gasteiger partial charge is 0.285 e. The summed E-state index contributed by atoms with van der Waals surface area (Å²) >= 11 is 0. The number of hydrogen-bond acceptors (Lipinski definition) is 2. The zero-order valence-corrected chi connectivity index (χ0v) is 7.75. The number of fused-ring (bicyclic) bond motifs is 1. The van der Waals surface area contributed by atoms with E-state index in [0.717, 1.165) is 10.9 Å². The second kappa shape index (κ2) is 3.14. The zero-order valence-electron chi connectivity index (χ0n) is 7.75. The van der Waals surface area contributed by atoms with Crippen molar-refractivity contribution in [1.29, 1.82) is 0 Å². The van der Waals surface area contributed by atoms with Crippen LogP contribution in [0.2, 0.25) is 0 Å². The van der Waals surface area contributed by atoms with Crippen molar-refractivity contribution in [3.05, 3.63) is 46.6 Å². The molecule has 4 heteroatoms. The Labute approximate surface area is 80.9 Å². The molecule has 0 spiro atoms. The minimum Gasteiger partial charge on any atom is -0.285 e. The third-order valence-electron chi connectivity index (χ3n) is 2.34. The van der Waals surface area contributed by atoms with Gasteiger partial charge in [0.15, 0.2) is 0 Å². The molecule has 0 radical (unpaired) electrons. The van der Waals surface area contributed by atoms with Gasteiger partial charge in [-0.05, 0) is 17.5 Å². The molecule has 0 amide bonds. The summed E-state index contributed by atoms with van der Waals surface area (Å²) in [5.74, 6) is 0. The number of aromatic nitrogens is 1. The van der Waals surface area contributed by atoms with Gasteiger partial charge in [0, 0.05) is 18.0 Å². The van der Waals surface area contributed by atoms with Gasteiger partial charge in [0.05, 0.1) is 5.52 Å². The average Bonchev–Trinajstić information content (AvgIpc) is 2.60. The molecule has 1 heterocycles. The highest BCUT2D eigenvalue weighted by Gasteiger charge is 2.15. The number of benzene rings is 1. The predicted octanol–water partition coefficient (Wildman–Crippen LogP) is 2.44. The predicted molar refractivity (Wildman–Crippen MR) is 53.6 cm³/mol. The first-order valence-corrected chi connectivity index (χ1v) is 4.39. The summed E-state index contributed by atoms with van der Waals surface area (Å²) in [6, 6.07) is 9.51. The molecule has 2 rings (SSSR count). The van der Waals surface area contributed by atoms with Gasteiger partial charge in [-0.15, -0.1) is 0 Å². The van der Waals surface area contributed by atoms with Crippen LogP contribution in [0.15, 0.2) is 36.5 Å². The Morgan fingerprint density at radius 2 is 2.07 bits per heavy atom. The van der Waals surface area contributed by atoms with Crippen LogP contribution in [0, 0.1) is 10.1 Å². The standard InChI is InChI=1S/C10H10N2O2/c1-8(12(13)14)11-7-6-9-4-2-3-5-10(9)11/h2-8H,1H3. The Morgan fingerprint density at radius 1 is 1.36 bits per heavy atom. The van der Waals surface area contributed by atoms with Gasteiger partial charge < -0.3 is 0 Å². The van der Waals surface area contributed by atoms with Crippen molar-refractivity contribution in [3.8, 4) is 0 Å². The lowest BCUT2D eigenvalue weighted by Gasteiger charge is -2.06. The van der Waals surface area contributed by atoms with E-state index in [0.29, 0.717) is 0 Å². The second-order valence-electron chi connectivity index (χ2n) is 3.20. The van der Waals surface area contributed by atoms with Crippen molar-refractivity contribution < 1.29 is 4.92 Å². The fraction of sp³-hybridized carbons (Fsp3) is 0.200. The third kappa shape index (κ3) is 1.25. The monoisotopic (exact) mass is 190 g/mol. The van der Waals surface area contributed by atoms with E-state index in [9.17, 15) is 10.1 Å². The van der Waals surface area contributed by atoms with Crippen LogP contribution in [0.3, 0.4) is 0 Å². The summed E-state index contributed by atoms with van der Waals surface area (Å²) in [7, 11) is 0. The fourth-order valence-electron chi connectivity index (χ4n) is 1.53. The van der Waals surface area contributed by atoms with Crippen LogP contribution in [-0.4, -0.2) is 9.49 Å². The first-order valence-electron chi connectivity index (χ1n) is 4.39. The van der Waals surface area contributed by atoms with Gasteiger partial charge in [-0.3, -0.25) is 14.7 Å². The van der Waals surface area contributed by atoms with Gasteiger partial charge in [-0.25, -0.2) is 0 Å². The number of nitrogens with zero attached hydrogens (tertiary/aromatic N) is 2. The van der Waals surface area contributed by atoms with E-state index < -0.39 is 6.17 Å². The molecular formula is C10H10N2O2. The van der Waals surface area contributed by atoms with Crippen molar-refractivity contribution in [2.45, 2.75) is 13.1 Å². The third-order valence-corrected chi connectivity index (χ3v) is 2.34. The van der Waals surface area contributed by atoms with Gasteiger partial charge in [-0.2, -0.15) is 0 Å². The molecule has 1 atom stereocenters. The lowest BCUT2D eigenvalue weighted by Crippen LogP contribution is -2.13. The highest BCUT2D eigenvalue weighted by atomic mass is 16.6. The normalized spacial score (nSPS) is 12.9. The molecule has 4 nitrogen and oxygen atoms in total. The minimum absolute atomic E-state index is 0.299. The van der Waals surface area contributed by atoms with Crippen molar-refractivity contribution in [3.63, 3.8) is 0 Å². The molecular weight excluding hydrogens is 180 g/mol. The van der Waals surface area contributed by atoms with Crippen molar-refractivity contribution in [1.82, 2.24) is 4.57 Å². The molecule has 0 aliphatic carbocycles. The topological polar surface area (TPSA) is 48.1 Å². The molecule has 14 heavy (non-hydrogen) atoms. The van der Waals surface area contributed by atoms with Crippen molar-refractivity contribution in [2.75, 3.05) is 0 Å². The molecule has 0 saturated carbocycles. The summed E-state index contributed by atoms with van der Waals surface area (Å²) in [6.07, 6.45) is 1.04. The summed E-state index contributed by atoms with van der Waals surface area (Å²) in [5, 5.41) is 11.7. The Kier molecular flexibility index (Phi) is 1.96. The van der Waals surface area contributed by atoms with E-state index in [1.807, 2.05) is 30.3 Å². The van der Waals surface area contributed by atoms with Gasteiger partial charge >= 0.3 is 0 Å². The fourth-order valence-corrected chi connectivity index (χ4v) is 1.53. The summed E-state index contributed by atoms with van der Waals surface area (Å²) in [5.41, 5.74) is 0.900. The number of nitro groups is 1. The summed E-state index contributed by atoms with van der Waals surface area (Å²) < 4.78 is 1.66. The van der Waals surface area contributed by atoms with Crippen molar-refractivity contribution in [2.24, 2.45) is 0 Å². The van der Waals surface area contributed by atoms with E-state index in [1.165, 1.54) is 0 Å². The highest BCUT2D eigenvalue weighted by molar-refractivity contribution is 5.79. The zero-order chi connectivity index (χ0) is 10.1. The summed E-state index contributed by atoms with van der Waals surface area (Å²) in [4.78, 5) is 10.3. The maximum Gasteiger partial charge on any atom is 0.288 e. The van der Waals surface area contributed by atoms with E-state index >= 15 is 0 Å². The quantitative estimate of drug-likeness (QED) is 0.539. The number of para-hydroxylation sites is 1. The van der Waals surface area contributed by atoms with Crippen LogP contribution in [0.5, 0.6) is 0 Å². The Balaban J connectivity index is 2.58. The van der Waals surface area contributed by atoms with Crippen LogP contribution in [0.1, 0.15) is 13.1 Å². The van der Waals surface area contributed by atoms with Gasteiger partial charge in [-0.1, -0.05) is 18.2 Å². The maximum absolute atomic E-state index is 10.6. The maximum atomic E-state index is 10.6. The van der Waals surface area contributed by atoms with Gasteiger partial charge in [0.25, 0.3) is 6.17 Å². The van der Waals surface area contributed by atoms with Crippen LogP contribution in [0.25, 0.3) is 10.9 Å². The average molecular weight is 190 g/mol. The Bertz CT molecular complexity index is 476. The Morgan fingerprint density at radius 3 is 2.79 bits per heavy atom. The summed E-state index contributed by atoms with van der Waals surface area (Å²) in [6.45, 7) is 1.58. The molecule has 0 fully saturated rings. The van der Waals surface area contributed by atoms with E-state index in [2.05, 4.69) is 0 Å². The van der Waals surface area contributed by atoms with Crippen LogP contribution < -0.4 is 0 Å². The minimum atomic E-state index is -0.713. The molecule has 0 saturated heterocycles. The SMILES string of the molecule is CC(n1ccc2ccccc21)[N+](=O)[O-]. The molecule has 1 unspecified atom stereocenters. The molecule has 0 N–H and O–H groups in total. The van der Waals surface area contributed by atoms with Crippen LogP contribution in [0.4, 0.5) is 0 Å². The highest BCUT2D eigenvalue weighted by Crippen LogP contribution is 2.19. The molecule has 0 aliphatic rings. The van der Waals surface area contributed by atoms with Gasteiger partial charge in [0.1, 0.15) is 0 Å². The van der Waals surface area contributed by atoms with Crippen LogP contribution in [-0.2, 0) is 0 Å². The molecule has 72 valence electrons.